The van der Waals surface area contributed by atoms with Crippen molar-refractivity contribution in [3.8, 4) is 0 Å². The zero-order valence-corrected chi connectivity index (χ0v) is 14.7. The summed E-state index contributed by atoms with van der Waals surface area (Å²) in [5.74, 6) is 1.32. The van der Waals surface area contributed by atoms with Crippen LogP contribution in [0.15, 0.2) is 29.9 Å². The number of nitrogen functional groups attached to an aromatic ring is 1. The Morgan fingerprint density at radius 3 is 2.96 bits per heavy atom. The van der Waals surface area contributed by atoms with Crippen LogP contribution < -0.4 is 5.73 Å². The van der Waals surface area contributed by atoms with Gasteiger partial charge in [0.2, 0.25) is 5.91 Å². The average Bonchev–Trinajstić information content (AvgIpc) is 3.00. The lowest BCUT2D eigenvalue weighted by Crippen LogP contribution is -2.32. The number of anilines is 1. The van der Waals surface area contributed by atoms with E-state index in [1.807, 2.05) is 11.0 Å². The predicted molar refractivity (Wildman–Crippen MR) is 96.7 cm³/mol. The summed E-state index contributed by atoms with van der Waals surface area (Å²) >= 11 is 1.73. The lowest BCUT2D eigenvalue weighted by Gasteiger charge is -2.20. The van der Waals surface area contributed by atoms with E-state index in [4.69, 9.17) is 5.73 Å². The molecule has 2 aromatic rings. The number of aryl methyl sites for hydroxylation is 1. The molecule has 0 saturated carbocycles. The lowest BCUT2D eigenvalue weighted by molar-refractivity contribution is -0.131. The van der Waals surface area contributed by atoms with Gasteiger partial charge in [-0.1, -0.05) is 6.07 Å². The van der Waals surface area contributed by atoms with Crippen molar-refractivity contribution in [2.75, 3.05) is 18.8 Å². The summed E-state index contributed by atoms with van der Waals surface area (Å²) in [6, 6.07) is 4.14. The number of nitrogens with two attached hydrogens (primary N) is 1. The highest BCUT2D eigenvalue weighted by atomic mass is 32.1. The maximum absolute atomic E-state index is 12.4. The summed E-state index contributed by atoms with van der Waals surface area (Å²) in [6.45, 7) is 1.74. The smallest absolute Gasteiger partial charge is 0.222 e. The number of hydrogen-bond donors (Lipinski definition) is 1. The Balaban J connectivity index is 1.47. The van der Waals surface area contributed by atoms with Crippen molar-refractivity contribution in [1.29, 1.82) is 0 Å². The van der Waals surface area contributed by atoms with Gasteiger partial charge in [0, 0.05) is 24.4 Å². The van der Waals surface area contributed by atoms with Gasteiger partial charge in [-0.05, 0) is 49.5 Å². The summed E-state index contributed by atoms with van der Waals surface area (Å²) in [5.41, 5.74) is 6.58. The number of carbonyl (C=O) groups is 1. The molecule has 3 heterocycles. The van der Waals surface area contributed by atoms with Crippen LogP contribution in [0.25, 0.3) is 0 Å². The van der Waals surface area contributed by atoms with Gasteiger partial charge in [-0.25, -0.2) is 4.98 Å². The largest absolute Gasteiger partial charge is 0.382 e. The number of thiophene rings is 1. The minimum absolute atomic E-state index is 0.288. The van der Waals surface area contributed by atoms with Gasteiger partial charge in [0.15, 0.2) is 0 Å². The molecule has 3 rings (SSSR count). The van der Waals surface area contributed by atoms with Gasteiger partial charge in [0.1, 0.15) is 5.82 Å². The standard InChI is InChI=1S/C18H24N4OS/c19-17-13-20-15(12-21-17)11-14-3-1-8-22(9-7-14)18(23)6-5-16-4-2-10-24-16/h2,4,10,12-14H,1,3,5-9,11H2,(H2,19,21)/t14-/m1/s1. The summed E-state index contributed by atoms with van der Waals surface area (Å²) in [6.07, 6.45) is 9.03. The van der Waals surface area contributed by atoms with Gasteiger partial charge < -0.3 is 10.6 Å². The van der Waals surface area contributed by atoms with Crippen molar-refractivity contribution < 1.29 is 4.79 Å². The highest BCUT2D eigenvalue weighted by Gasteiger charge is 2.21. The van der Waals surface area contributed by atoms with Crippen LogP contribution in [-0.2, 0) is 17.6 Å². The van der Waals surface area contributed by atoms with Gasteiger partial charge in [-0.3, -0.25) is 9.78 Å². The molecule has 1 aliphatic heterocycles. The van der Waals surface area contributed by atoms with Crippen molar-refractivity contribution in [2.24, 2.45) is 5.92 Å². The summed E-state index contributed by atoms with van der Waals surface area (Å²) < 4.78 is 0. The quantitative estimate of drug-likeness (QED) is 0.905. The zero-order chi connectivity index (χ0) is 16.8. The molecule has 1 aliphatic rings. The Labute approximate surface area is 146 Å². The number of nitrogens with zero attached hydrogens (tertiary/aromatic N) is 3. The molecule has 1 atom stereocenters. The summed E-state index contributed by atoms with van der Waals surface area (Å²) in [7, 11) is 0. The van der Waals surface area contributed by atoms with Gasteiger partial charge in [-0.15, -0.1) is 11.3 Å². The maximum Gasteiger partial charge on any atom is 0.222 e. The molecule has 1 fully saturated rings. The van der Waals surface area contributed by atoms with E-state index in [-0.39, 0.29) is 5.91 Å². The first-order valence-electron chi connectivity index (χ1n) is 8.57. The molecular formula is C18H24N4OS. The van der Waals surface area contributed by atoms with E-state index in [1.165, 1.54) is 4.88 Å². The molecule has 0 aromatic carbocycles. The number of likely N-dealkylation sites (tertiary alicyclic amines) is 1. The van der Waals surface area contributed by atoms with Crippen LogP contribution in [0.4, 0.5) is 5.82 Å². The van der Waals surface area contributed by atoms with Gasteiger partial charge in [0.05, 0.1) is 18.1 Å². The van der Waals surface area contributed by atoms with Gasteiger partial charge in [0.25, 0.3) is 0 Å². The molecule has 2 aromatic heterocycles. The first kappa shape index (κ1) is 16.9. The van der Waals surface area contributed by atoms with E-state index in [2.05, 4.69) is 21.4 Å². The second-order valence-corrected chi connectivity index (χ2v) is 7.43. The van der Waals surface area contributed by atoms with Crippen molar-refractivity contribution in [3.05, 3.63) is 40.5 Å². The van der Waals surface area contributed by atoms with Gasteiger partial charge >= 0.3 is 0 Å². The second-order valence-electron chi connectivity index (χ2n) is 6.39. The third-order valence-corrected chi connectivity index (χ3v) is 5.53. The van der Waals surface area contributed by atoms with E-state index in [9.17, 15) is 4.79 Å². The van der Waals surface area contributed by atoms with E-state index in [0.717, 1.165) is 50.9 Å². The number of hydrogen-bond acceptors (Lipinski definition) is 5. The molecule has 2 N–H and O–H groups in total. The zero-order valence-electron chi connectivity index (χ0n) is 13.9. The first-order valence-corrected chi connectivity index (χ1v) is 9.45. The number of rotatable bonds is 5. The average molecular weight is 344 g/mol. The van der Waals surface area contributed by atoms with Crippen LogP contribution in [-0.4, -0.2) is 33.9 Å². The maximum atomic E-state index is 12.4. The summed E-state index contributed by atoms with van der Waals surface area (Å²) in [4.78, 5) is 24.2. The topological polar surface area (TPSA) is 72.1 Å². The van der Waals surface area contributed by atoms with Gasteiger partial charge in [-0.2, -0.15) is 0 Å². The fourth-order valence-electron chi connectivity index (χ4n) is 3.23. The van der Waals surface area contributed by atoms with E-state index in [0.29, 0.717) is 18.2 Å². The number of carbonyl (C=O) groups excluding carboxylic acids is 1. The fourth-order valence-corrected chi connectivity index (χ4v) is 3.94. The SMILES string of the molecule is Nc1cnc(C[C@@H]2CCCN(C(=O)CCc3cccs3)CC2)cn1. The molecule has 1 saturated heterocycles. The van der Waals surface area contributed by atoms with Crippen molar-refractivity contribution in [3.63, 3.8) is 0 Å². The van der Waals surface area contributed by atoms with E-state index >= 15 is 0 Å². The van der Waals surface area contributed by atoms with Crippen molar-refractivity contribution in [2.45, 2.75) is 38.5 Å². The second kappa shape index (κ2) is 8.24. The molecule has 128 valence electrons. The van der Waals surface area contributed by atoms with Crippen LogP contribution in [0.5, 0.6) is 0 Å². The lowest BCUT2D eigenvalue weighted by atomic mass is 9.95. The molecule has 0 aliphatic carbocycles. The summed E-state index contributed by atoms with van der Waals surface area (Å²) in [5, 5.41) is 2.07. The highest BCUT2D eigenvalue weighted by Crippen LogP contribution is 2.22. The Kier molecular flexibility index (Phi) is 5.80. The predicted octanol–water partition coefficient (Wildman–Crippen LogP) is 2.92. The highest BCUT2D eigenvalue weighted by molar-refractivity contribution is 7.09. The molecule has 5 nitrogen and oxygen atoms in total. The normalized spacial score (nSPS) is 18.3. The Morgan fingerprint density at radius 2 is 2.21 bits per heavy atom. The molecule has 24 heavy (non-hydrogen) atoms. The van der Waals surface area contributed by atoms with Crippen LogP contribution in [0.3, 0.4) is 0 Å². The Hall–Kier alpha value is -1.95. The fraction of sp³-hybridized carbons (Fsp3) is 0.500. The van der Waals surface area contributed by atoms with Crippen molar-refractivity contribution >= 4 is 23.1 Å². The van der Waals surface area contributed by atoms with E-state index in [1.54, 1.807) is 23.7 Å². The minimum Gasteiger partial charge on any atom is -0.382 e. The molecule has 6 heteroatoms. The van der Waals surface area contributed by atoms with Crippen LogP contribution in [0.1, 0.15) is 36.3 Å². The number of aromatic nitrogens is 2. The molecule has 0 spiro atoms. The molecule has 1 amide bonds. The van der Waals surface area contributed by atoms with E-state index < -0.39 is 0 Å². The van der Waals surface area contributed by atoms with Crippen LogP contribution >= 0.6 is 11.3 Å². The molecular weight excluding hydrogens is 320 g/mol. The Morgan fingerprint density at radius 1 is 1.29 bits per heavy atom. The monoisotopic (exact) mass is 344 g/mol. The minimum atomic E-state index is 0.288. The van der Waals surface area contributed by atoms with Crippen LogP contribution in [0.2, 0.25) is 0 Å². The third-order valence-electron chi connectivity index (χ3n) is 4.59. The third kappa shape index (κ3) is 4.77. The van der Waals surface area contributed by atoms with Crippen molar-refractivity contribution in [1.82, 2.24) is 14.9 Å². The number of amides is 1. The Bertz CT molecular complexity index is 642. The molecule has 0 unspecified atom stereocenters. The molecule has 0 bridgehead atoms. The first-order chi connectivity index (χ1) is 11.7. The van der Waals surface area contributed by atoms with Crippen LogP contribution in [0, 0.1) is 5.92 Å². The molecule has 0 radical (unpaired) electrons.